The Labute approximate surface area is 166 Å². The van der Waals surface area contributed by atoms with Crippen molar-refractivity contribution in [2.24, 2.45) is 0 Å². The Bertz CT molecular complexity index is 963. The fraction of sp³-hybridized carbons (Fsp3) is 0.333. The monoisotopic (exact) mass is 373 g/mol. The summed E-state index contributed by atoms with van der Waals surface area (Å²) in [5.74, 6) is 0.132. The Morgan fingerprint density at radius 3 is 2.54 bits per heavy atom. The van der Waals surface area contributed by atoms with E-state index in [1.165, 1.54) is 0 Å². The number of para-hydroxylation sites is 1. The van der Waals surface area contributed by atoms with Crippen LogP contribution < -0.4 is 0 Å². The van der Waals surface area contributed by atoms with Crippen molar-refractivity contribution in [3.05, 3.63) is 66.2 Å². The molecule has 0 aliphatic carbocycles. The van der Waals surface area contributed by atoms with Gasteiger partial charge in [-0.05, 0) is 43.8 Å². The van der Waals surface area contributed by atoms with E-state index in [1.54, 1.807) is 0 Å². The minimum absolute atomic E-state index is 0.132. The van der Waals surface area contributed by atoms with Crippen LogP contribution in [0.2, 0.25) is 0 Å². The van der Waals surface area contributed by atoms with Crippen LogP contribution in [0.5, 0.6) is 0 Å². The van der Waals surface area contributed by atoms with Crippen molar-refractivity contribution >= 4 is 16.8 Å². The van der Waals surface area contributed by atoms with Gasteiger partial charge < -0.3 is 4.90 Å². The van der Waals surface area contributed by atoms with Crippen molar-refractivity contribution in [1.82, 2.24) is 14.8 Å². The lowest BCUT2D eigenvalue weighted by molar-refractivity contribution is 0.0778. The minimum atomic E-state index is 0.132. The number of likely N-dealkylation sites (tertiary alicyclic amines) is 1. The molecule has 1 aliphatic rings. The number of nitrogens with zero attached hydrogens (tertiary/aromatic N) is 3. The van der Waals surface area contributed by atoms with E-state index >= 15 is 0 Å². The molecule has 0 N–H and O–H groups in total. The summed E-state index contributed by atoms with van der Waals surface area (Å²) in [7, 11) is 0. The van der Waals surface area contributed by atoms with Crippen LogP contribution in [-0.4, -0.2) is 52.9 Å². The van der Waals surface area contributed by atoms with E-state index in [0.717, 1.165) is 60.3 Å². The standard InChI is InChI=1S/C24H27N3O/c1-3-26(4-2)21-15-16-27(17-21)24(28)20-11-9-19(10-12-20)23-14-13-18-7-5-6-8-22(18)25-23/h5-14,21H,3-4,15-17H2,1-2H3/t21-/m1/s1. The number of carbonyl (C=O) groups is 1. The number of likely N-dealkylation sites (N-methyl/N-ethyl adjacent to an activating group) is 1. The molecule has 0 unspecified atom stereocenters. The highest BCUT2D eigenvalue weighted by Crippen LogP contribution is 2.23. The third-order valence-corrected chi connectivity index (χ3v) is 5.81. The Morgan fingerprint density at radius 1 is 1.04 bits per heavy atom. The first-order chi connectivity index (χ1) is 13.7. The number of pyridine rings is 1. The summed E-state index contributed by atoms with van der Waals surface area (Å²) in [6.45, 7) is 8.12. The molecule has 4 rings (SSSR count). The zero-order chi connectivity index (χ0) is 19.5. The van der Waals surface area contributed by atoms with Crippen LogP contribution in [0.3, 0.4) is 0 Å². The van der Waals surface area contributed by atoms with E-state index < -0.39 is 0 Å². The molecule has 28 heavy (non-hydrogen) atoms. The highest BCUT2D eigenvalue weighted by atomic mass is 16.2. The fourth-order valence-corrected chi connectivity index (χ4v) is 4.16. The summed E-state index contributed by atoms with van der Waals surface area (Å²) in [6.07, 6.45) is 1.06. The van der Waals surface area contributed by atoms with Gasteiger partial charge in [0.1, 0.15) is 0 Å². The summed E-state index contributed by atoms with van der Waals surface area (Å²) in [5, 5.41) is 1.13. The molecule has 0 radical (unpaired) electrons. The van der Waals surface area contributed by atoms with Crippen LogP contribution in [0, 0.1) is 0 Å². The summed E-state index contributed by atoms with van der Waals surface area (Å²) < 4.78 is 0. The first-order valence-electron chi connectivity index (χ1n) is 10.2. The largest absolute Gasteiger partial charge is 0.337 e. The van der Waals surface area contributed by atoms with E-state index in [1.807, 2.05) is 53.4 Å². The zero-order valence-electron chi connectivity index (χ0n) is 16.6. The van der Waals surface area contributed by atoms with Crippen molar-refractivity contribution in [2.45, 2.75) is 26.3 Å². The van der Waals surface area contributed by atoms with E-state index in [0.29, 0.717) is 6.04 Å². The number of amides is 1. The number of rotatable bonds is 5. The lowest BCUT2D eigenvalue weighted by atomic mass is 10.1. The Hall–Kier alpha value is -2.72. The summed E-state index contributed by atoms with van der Waals surface area (Å²) >= 11 is 0. The Kier molecular flexibility index (Phi) is 5.40. The number of benzene rings is 2. The average molecular weight is 374 g/mol. The highest BCUT2D eigenvalue weighted by molar-refractivity contribution is 5.95. The van der Waals surface area contributed by atoms with Crippen molar-refractivity contribution in [3.8, 4) is 11.3 Å². The maximum absolute atomic E-state index is 12.9. The molecule has 1 amide bonds. The number of aromatic nitrogens is 1. The molecule has 144 valence electrons. The van der Waals surface area contributed by atoms with Gasteiger partial charge in [0, 0.05) is 35.6 Å². The van der Waals surface area contributed by atoms with E-state index in [4.69, 9.17) is 4.98 Å². The molecular weight excluding hydrogens is 346 g/mol. The Balaban J connectivity index is 1.49. The Morgan fingerprint density at radius 2 is 1.79 bits per heavy atom. The second-order valence-corrected chi connectivity index (χ2v) is 7.38. The first-order valence-corrected chi connectivity index (χ1v) is 10.2. The van der Waals surface area contributed by atoms with Crippen LogP contribution in [-0.2, 0) is 0 Å². The minimum Gasteiger partial charge on any atom is -0.337 e. The van der Waals surface area contributed by atoms with Gasteiger partial charge in [0.2, 0.25) is 0 Å². The van der Waals surface area contributed by atoms with Gasteiger partial charge in [0.05, 0.1) is 11.2 Å². The van der Waals surface area contributed by atoms with Crippen LogP contribution in [0.25, 0.3) is 22.2 Å². The van der Waals surface area contributed by atoms with Crippen molar-refractivity contribution in [3.63, 3.8) is 0 Å². The molecule has 1 fully saturated rings. The van der Waals surface area contributed by atoms with Crippen LogP contribution in [0.15, 0.2) is 60.7 Å². The molecule has 4 nitrogen and oxygen atoms in total. The second-order valence-electron chi connectivity index (χ2n) is 7.38. The third kappa shape index (κ3) is 3.65. The van der Waals surface area contributed by atoms with Gasteiger partial charge in [-0.2, -0.15) is 0 Å². The molecule has 4 heteroatoms. The average Bonchev–Trinajstić information content (AvgIpc) is 3.24. The van der Waals surface area contributed by atoms with Crippen molar-refractivity contribution < 1.29 is 4.79 Å². The normalized spacial score (nSPS) is 16.8. The molecule has 1 saturated heterocycles. The fourth-order valence-electron chi connectivity index (χ4n) is 4.16. The number of carbonyl (C=O) groups excluding carboxylic acids is 1. The molecule has 2 heterocycles. The van der Waals surface area contributed by atoms with Crippen molar-refractivity contribution in [2.75, 3.05) is 26.2 Å². The van der Waals surface area contributed by atoms with Gasteiger partial charge in [0.15, 0.2) is 0 Å². The zero-order valence-corrected chi connectivity index (χ0v) is 16.6. The maximum atomic E-state index is 12.9. The van der Waals surface area contributed by atoms with Gasteiger partial charge in [-0.3, -0.25) is 9.69 Å². The smallest absolute Gasteiger partial charge is 0.253 e. The van der Waals surface area contributed by atoms with Gasteiger partial charge in [-0.25, -0.2) is 4.98 Å². The maximum Gasteiger partial charge on any atom is 0.253 e. The lowest BCUT2D eigenvalue weighted by Gasteiger charge is -2.26. The van der Waals surface area contributed by atoms with Crippen LogP contribution >= 0.6 is 0 Å². The molecule has 1 atom stereocenters. The van der Waals surface area contributed by atoms with E-state index in [-0.39, 0.29) is 5.91 Å². The van der Waals surface area contributed by atoms with Crippen molar-refractivity contribution in [1.29, 1.82) is 0 Å². The first kappa shape index (κ1) is 18.6. The van der Waals surface area contributed by atoms with Gasteiger partial charge in [-0.15, -0.1) is 0 Å². The molecular formula is C24H27N3O. The molecule has 1 aromatic heterocycles. The highest BCUT2D eigenvalue weighted by Gasteiger charge is 2.29. The lowest BCUT2D eigenvalue weighted by Crippen LogP contribution is -2.38. The molecule has 3 aromatic rings. The predicted molar refractivity (Wildman–Crippen MR) is 114 cm³/mol. The molecule has 0 bridgehead atoms. The van der Waals surface area contributed by atoms with Gasteiger partial charge >= 0.3 is 0 Å². The number of fused-ring (bicyclic) bond motifs is 1. The quantitative estimate of drug-likeness (QED) is 0.663. The van der Waals surface area contributed by atoms with Crippen LogP contribution in [0.1, 0.15) is 30.6 Å². The van der Waals surface area contributed by atoms with E-state index in [2.05, 4.69) is 30.9 Å². The molecule has 0 saturated carbocycles. The number of hydrogen-bond donors (Lipinski definition) is 0. The van der Waals surface area contributed by atoms with Gasteiger partial charge in [-0.1, -0.05) is 50.2 Å². The SMILES string of the molecule is CCN(CC)[C@@H]1CCN(C(=O)c2ccc(-c3ccc4ccccc4n3)cc2)C1. The summed E-state index contributed by atoms with van der Waals surface area (Å²) in [5.41, 5.74) is 3.70. The summed E-state index contributed by atoms with van der Waals surface area (Å²) in [6, 6.07) is 20.6. The predicted octanol–water partition coefficient (Wildman–Crippen LogP) is 4.46. The van der Waals surface area contributed by atoms with Crippen LogP contribution in [0.4, 0.5) is 0 Å². The third-order valence-electron chi connectivity index (χ3n) is 5.81. The molecule has 0 spiro atoms. The topological polar surface area (TPSA) is 36.4 Å². The van der Waals surface area contributed by atoms with Gasteiger partial charge in [0.25, 0.3) is 5.91 Å². The second kappa shape index (κ2) is 8.11. The molecule has 1 aliphatic heterocycles. The number of hydrogen-bond acceptors (Lipinski definition) is 3. The van der Waals surface area contributed by atoms with E-state index in [9.17, 15) is 4.79 Å². The molecule has 2 aromatic carbocycles. The summed E-state index contributed by atoms with van der Waals surface area (Å²) in [4.78, 5) is 22.1.